The molecule has 0 N–H and O–H groups in total. The van der Waals surface area contributed by atoms with Gasteiger partial charge in [-0.15, -0.1) is 0 Å². The lowest BCUT2D eigenvalue weighted by Crippen LogP contribution is -1.86. The maximum Gasteiger partial charge on any atom is 0.138 e. The highest BCUT2D eigenvalue weighted by molar-refractivity contribution is 5.96. The van der Waals surface area contributed by atoms with Crippen LogP contribution in [0, 0.1) is 6.92 Å². The van der Waals surface area contributed by atoms with Crippen LogP contribution in [-0.2, 0) is 6.42 Å². The molecular formula is C18H18O2. The fraction of sp³-hybridized carbons (Fsp3) is 0.222. The summed E-state index contributed by atoms with van der Waals surface area (Å²) in [5.41, 5.74) is 4.65. The van der Waals surface area contributed by atoms with Crippen LogP contribution in [0.4, 0.5) is 0 Å². The molecule has 3 rings (SSSR count). The summed E-state index contributed by atoms with van der Waals surface area (Å²) >= 11 is 0. The maximum absolute atomic E-state index is 5.87. The van der Waals surface area contributed by atoms with Crippen LogP contribution in [0.2, 0.25) is 0 Å². The Hall–Kier alpha value is -2.22. The first-order chi connectivity index (χ1) is 9.72. The van der Waals surface area contributed by atoms with E-state index in [0.717, 1.165) is 23.5 Å². The van der Waals surface area contributed by atoms with E-state index in [1.54, 1.807) is 7.11 Å². The van der Waals surface area contributed by atoms with Gasteiger partial charge in [0.05, 0.1) is 7.11 Å². The zero-order chi connectivity index (χ0) is 14.1. The highest BCUT2D eigenvalue weighted by atomic mass is 16.5. The van der Waals surface area contributed by atoms with Crippen LogP contribution < -0.4 is 4.74 Å². The van der Waals surface area contributed by atoms with Crippen LogP contribution in [0.15, 0.2) is 46.9 Å². The van der Waals surface area contributed by atoms with Gasteiger partial charge in [-0.3, -0.25) is 0 Å². The Morgan fingerprint density at radius 3 is 2.45 bits per heavy atom. The lowest BCUT2D eigenvalue weighted by molar-refractivity contribution is 0.415. The topological polar surface area (TPSA) is 22.4 Å². The number of hydrogen-bond acceptors (Lipinski definition) is 2. The zero-order valence-electron chi connectivity index (χ0n) is 12.1. The molecule has 0 saturated carbocycles. The second-order valence-corrected chi connectivity index (χ2v) is 4.95. The third-order valence-corrected chi connectivity index (χ3v) is 3.67. The van der Waals surface area contributed by atoms with Crippen LogP contribution in [0.3, 0.4) is 0 Å². The summed E-state index contributed by atoms with van der Waals surface area (Å²) in [6.07, 6.45) is 0.979. The molecular weight excluding hydrogens is 248 g/mol. The summed E-state index contributed by atoms with van der Waals surface area (Å²) in [6.45, 7) is 4.15. The van der Waals surface area contributed by atoms with E-state index in [9.17, 15) is 0 Å². The lowest BCUT2D eigenvalue weighted by Gasteiger charge is -2.07. The molecule has 0 atom stereocenters. The molecule has 20 heavy (non-hydrogen) atoms. The van der Waals surface area contributed by atoms with E-state index in [1.165, 1.54) is 22.1 Å². The molecule has 2 aromatic carbocycles. The number of benzene rings is 2. The summed E-state index contributed by atoms with van der Waals surface area (Å²) in [7, 11) is 1.68. The van der Waals surface area contributed by atoms with Crippen molar-refractivity contribution < 1.29 is 9.15 Å². The van der Waals surface area contributed by atoms with E-state index in [-0.39, 0.29) is 0 Å². The number of ether oxygens (including phenoxy) is 1. The predicted molar refractivity (Wildman–Crippen MR) is 82.3 cm³/mol. The molecule has 102 valence electrons. The normalized spacial score (nSPS) is 10.9. The average molecular weight is 266 g/mol. The van der Waals surface area contributed by atoms with Crippen LogP contribution in [0.1, 0.15) is 18.2 Å². The molecule has 0 aliphatic carbocycles. The number of fused-ring (bicyclic) bond motifs is 1. The molecule has 0 aliphatic rings. The molecule has 0 bridgehead atoms. The van der Waals surface area contributed by atoms with E-state index < -0.39 is 0 Å². The SMILES string of the molecule is CCc1ccc(-c2ccc(OC)cc2)c2cc(C)oc12. The van der Waals surface area contributed by atoms with Crippen LogP contribution in [-0.4, -0.2) is 7.11 Å². The van der Waals surface area contributed by atoms with Crippen molar-refractivity contribution in [2.24, 2.45) is 0 Å². The Morgan fingerprint density at radius 1 is 1.05 bits per heavy atom. The fourth-order valence-corrected chi connectivity index (χ4v) is 2.60. The minimum absolute atomic E-state index is 0.874. The molecule has 0 fully saturated rings. The van der Waals surface area contributed by atoms with E-state index in [1.807, 2.05) is 19.1 Å². The largest absolute Gasteiger partial charge is 0.497 e. The Bertz CT molecular complexity index is 736. The number of rotatable bonds is 3. The summed E-state index contributed by atoms with van der Waals surface area (Å²) in [4.78, 5) is 0. The highest BCUT2D eigenvalue weighted by Gasteiger charge is 2.11. The second kappa shape index (κ2) is 5.04. The van der Waals surface area contributed by atoms with Crippen molar-refractivity contribution in [3.8, 4) is 16.9 Å². The van der Waals surface area contributed by atoms with Gasteiger partial charge in [0.2, 0.25) is 0 Å². The molecule has 0 aliphatic heterocycles. The summed E-state index contributed by atoms with van der Waals surface area (Å²) < 4.78 is 11.1. The van der Waals surface area contributed by atoms with Gasteiger partial charge in [-0.1, -0.05) is 31.2 Å². The van der Waals surface area contributed by atoms with Gasteiger partial charge < -0.3 is 9.15 Å². The third kappa shape index (κ3) is 2.07. The Labute approximate surface area is 119 Å². The lowest BCUT2D eigenvalue weighted by atomic mass is 9.98. The van der Waals surface area contributed by atoms with Crippen molar-refractivity contribution >= 4 is 11.0 Å². The minimum atomic E-state index is 0.874. The van der Waals surface area contributed by atoms with Crippen LogP contribution in [0.25, 0.3) is 22.1 Å². The number of hydrogen-bond donors (Lipinski definition) is 0. The molecule has 1 heterocycles. The minimum Gasteiger partial charge on any atom is -0.497 e. The maximum atomic E-state index is 5.87. The van der Waals surface area contributed by atoms with Crippen molar-refractivity contribution in [3.63, 3.8) is 0 Å². The molecule has 0 saturated heterocycles. The van der Waals surface area contributed by atoms with Crippen LogP contribution in [0.5, 0.6) is 5.75 Å². The summed E-state index contributed by atoms with van der Waals surface area (Å²) in [5.74, 6) is 1.83. The smallest absolute Gasteiger partial charge is 0.138 e. The first-order valence-corrected chi connectivity index (χ1v) is 6.89. The van der Waals surface area contributed by atoms with Gasteiger partial charge in [-0.2, -0.15) is 0 Å². The quantitative estimate of drug-likeness (QED) is 0.667. The molecule has 0 amide bonds. The fourth-order valence-electron chi connectivity index (χ4n) is 2.60. The molecule has 0 spiro atoms. The Morgan fingerprint density at radius 2 is 1.80 bits per heavy atom. The van der Waals surface area contributed by atoms with Gasteiger partial charge in [0.25, 0.3) is 0 Å². The number of aryl methyl sites for hydroxylation is 2. The summed E-state index contributed by atoms with van der Waals surface area (Å²) in [6, 6.07) is 14.6. The standard InChI is InChI=1S/C18H18O2/c1-4-13-7-10-16(17-11-12(2)20-18(13)17)14-5-8-15(19-3)9-6-14/h5-11H,4H2,1-3H3. The van der Waals surface area contributed by atoms with Gasteiger partial charge in [-0.05, 0) is 48.2 Å². The molecule has 0 unspecified atom stereocenters. The molecule has 3 aromatic rings. The van der Waals surface area contributed by atoms with E-state index in [0.29, 0.717) is 0 Å². The number of furan rings is 1. The van der Waals surface area contributed by atoms with Gasteiger partial charge in [0.15, 0.2) is 0 Å². The average Bonchev–Trinajstić information content (AvgIpc) is 2.87. The van der Waals surface area contributed by atoms with Gasteiger partial charge >= 0.3 is 0 Å². The first-order valence-electron chi connectivity index (χ1n) is 6.89. The molecule has 0 radical (unpaired) electrons. The number of methoxy groups -OCH3 is 1. The highest BCUT2D eigenvalue weighted by Crippen LogP contribution is 2.34. The van der Waals surface area contributed by atoms with E-state index >= 15 is 0 Å². The summed E-state index contributed by atoms with van der Waals surface area (Å²) in [5, 5.41) is 1.19. The Kier molecular flexibility index (Phi) is 3.23. The van der Waals surface area contributed by atoms with Gasteiger partial charge in [0.1, 0.15) is 17.1 Å². The first kappa shape index (κ1) is 12.8. The van der Waals surface area contributed by atoms with Crippen LogP contribution >= 0.6 is 0 Å². The monoisotopic (exact) mass is 266 g/mol. The van der Waals surface area contributed by atoms with Crippen molar-refractivity contribution in [3.05, 3.63) is 53.8 Å². The van der Waals surface area contributed by atoms with Crippen molar-refractivity contribution in [2.45, 2.75) is 20.3 Å². The van der Waals surface area contributed by atoms with Crippen molar-refractivity contribution in [1.82, 2.24) is 0 Å². The van der Waals surface area contributed by atoms with Gasteiger partial charge in [0, 0.05) is 5.39 Å². The second-order valence-electron chi connectivity index (χ2n) is 4.95. The van der Waals surface area contributed by atoms with Crippen molar-refractivity contribution in [1.29, 1.82) is 0 Å². The predicted octanol–water partition coefficient (Wildman–Crippen LogP) is 4.98. The Balaban J connectivity index is 2.20. The zero-order valence-corrected chi connectivity index (χ0v) is 12.1. The van der Waals surface area contributed by atoms with Gasteiger partial charge in [-0.25, -0.2) is 0 Å². The molecule has 1 aromatic heterocycles. The third-order valence-electron chi connectivity index (χ3n) is 3.67. The van der Waals surface area contributed by atoms with E-state index in [4.69, 9.17) is 9.15 Å². The van der Waals surface area contributed by atoms with Crippen molar-refractivity contribution in [2.75, 3.05) is 7.11 Å². The van der Waals surface area contributed by atoms with E-state index in [2.05, 4.69) is 37.3 Å². The molecule has 2 heteroatoms. The molecule has 2 nitrogen and oxygen atoms in total.